The summed E-state index contributed by atoms with van der Waals surface area (Å²) in [4.78, 5) is 6.69. The molecule has 1 atom stereocenters. The second-order valence-electron chi connectivity index (χ2n) is 4.87. The summed E-state index contributed by atoms with van der Waals surface area (Å²) < 4.78 is 2.15. The largest absolute Gasteiger partial charge is 0.355 e. The van der Waals surface area contributed by atoms with Gasteiger partial charge in [-0.25, -0.2) is 0 Å². The molecule has 122 valence electrons. The van der Waals surface area contributed by atoms with Gasteiger partial charge in [-0.3, -0.25) is 9.89 Å². The molecule has 6 heteroatoms. The summed E-state index contributed by atoms with van der Waals surface area (Å²) in [6.07, 6.45) is 4.14. The molecule has 0 amide bonds. The minimum atomic E-state index is 0. The first-order chi connectivity index (χ1) is 9.71. The molecule has 1 aromatic rings. The minimum Gasteiger partial charge on any atom is -0.355 e. The molecule has 0 aliphatic heterocycles. The van der Waals surface area contributed by atoms with Gasteiger partial charge in [-0.15, -0.1) is 24.0 Å². The number of halogens is 1. The maximum Gasteiger partial charge on any atom is 0.191 e. The average molecular weight is 407 g/mol. The number of nitrogens with one attached hydrogen (secondary N) is 2. The van der Waals surface area contributed by atoms with Crippen LogP contribution in [-0.4, -0.2) is 54.7 Å². The van der Waals surface area contributed by atoms with Crippen LogP contribution in [0.4, 0.5) is 0 Å². The first-order valence-electron chi connectivity index (χ1n) is 7.50. The molecule has 0 spiro atoms. The van der Waals surface area contributed by atoms with E-state index in [1.54, 1.807) is 0 Å². The molecule has 0 saturated carbocycles. The Bertz CT molecular complexity index is 373. The summed E-state index contributed by atoms with van der Waals surface area (Å²) in [6, 6.07) is 4.59. The van der Waals surface area contributed by atoms with Crippen molar-refractivity contribution in [3.05, 3.63) is 24.5 Å². The average Bonchev–Trinajstić information content (AvgIpc) is 2.97. The van der Waals surface area contributed by atoms with E-state index in [9.17, 15) is 0 Å². The molecule has 21 heavy (non-hydrogen) atoms. The second kappa shape index (κ2) is 11.9. The summed E-state index contributed by atoms with van der Waals surface area (Å²) in [5.41, 5.74) is 0. The first-order valence-corrected chi connectivity index (χ1v) is 7.50. The van der Waals surface area contributed by atoms with Crippen LogP contribution in [0.1, 0.15) is 20.8 Å². The first kappa shape index (κ1) is 20.2. The van der Waals surface area contributed by atoms with Gasteiger partial charge in [-0.1, -0.05) is 13.8 Å². The van der Waals surface area contributed by atoms with Crippen molar-refractivity contribution < 1.29 is 0 Å². The molecule has 2 N–H and O–H groups in total. The molecule has 0 radical (unpaired) electrons. The number of guanidine groups is 1. The highest BCUT2D eigenvalue weighted by Gasteiger charge is 2.10. The lowest BCUT2D eigenvalue weighted by molar-refractivity contribution is 0.231. The highest BCUT2D eigenvalue weighted by atomic mass is 127. The highest BCUT2D eigenvalue weighted by Crippen LogP contribution is 1.96. The summed E-state index contributed by atoms with van der Waals surface area (Å²) in [6.45, 7) is 11.5. The Morgan fingerprint density at radius 3 is 2.33 bits per heavy atom. The van der Waals surface area contributed by atoms with Crippen LogP contribution in [0.3, 0.4) is 0 Å². The Morgan fingerprint density at radius 2 is 1.81 bits per heavy atom. The monoisotopic (exact) mass is 407 g/mol. The molecule has 0 bridgehead atoms. The van der Waals surface area contributed by atoms with E-state index in [-0.39, 0.29) is 24.0 Å². The van der Waals surface area contributed by atoms with Crippen molar-refractivity contribution in [1.29, 1.82) is 0 Å². The molecule has 1 heterocycles. The van der Waals surface area contributed by atoms with Gasteiger partial charge < -0.3 is 15.2 Å². The fraction of sp³-hybridized carbons (Fsp3) is 0.667. The van der Waals surface area contributed by atoms with E-state index >= 15 is 0 Å². The fourth-order valence-corrected chi connectivity index (χ4v) is 2.26. The van der Waals surface area contributed by atoms with Crippen LogP contribution < -0.4 is 10.6 Å². The number of aromatic nitrogens is 1. The van der Waals surface area contributed by atoms with Crippen LogP contribution in [0.25, 0.3) is 0 Å². The smallest absolute Gasteiger partial charge is 0.191 e. The number of hydrogen-bond acceptors (Lipinski definition) is 2. The van der Waals surface area contributed by atoms with Crippen molar-refractivity contribution >= 4 is 29.9 Å². The Balaban J connectivity index is 0.00000400. The van der Waals surface area contributed by atoms with E-state index in [4.69, 9.17) is 0 Å². The molecule has 0 saturated heterocycles. The van der Waals surface area contributed by atoms with Crippen LogP contribution in [-0.2, 0) is 6.54 Å². The molecular weight excluding hydrogens is 377 g/mol. The van der Waals surface area contributed by atoms with E-state index in [2.05, 4.69) is 58.3 Å². The van der Waals surface area contributed by atoms with E-state index in [1.165, 1.54) is 0 Å². The van der Waals surface area contributed by atoms with Gasteiger partial charge in [-0.2, -0.15) is 0 Å². The zero-order valence-corrected chi connectivity index (χ0v) is 16.0. The highest BCUT2D eigenvalue weighted by molar-refractivity contribution is 14.0. The summed E-state index contributed by atoms with van der Waals surface area (Å²) >= 11 is 0. The Labute approximate surface area is 146 Å². The van der Waals surface area contributed by atoms with Crippen LogP contribution >= 0.6 is 24.0 Å². The lowest BCUT2D eigenvalue weighted by Crippen LogP contribution is -2.46. The zero-order chi connectivity index (χ0) is 14.8. The number of rotatable bonds is 8. The molecule has 0 fully saturated rings. The van der Waals surface area contributed by atoms with Gasteiger partial charge >= 0.3 is 0 Å². The van der Waals surface area contributed by atoms with Crippen molar-refractivity contribution in [2.45, 2.75) is 33.4 Å². The SMILES string of the molecule is CCN(CC)C(C)CNC(=NC)NCCn1cccc1.I. The van der Waals surface area contributed by atoms with Gasteiger partial charge in [0, 0.05) is 45.1 Å². The lowest BCUT2D eigenvalue weighted by atomic mass is 10.3. The minimum absolute atomic E-state index is 0. The standard InChI is InChI=1S/C15H29N5.HI/c1-5-20(6-2)14(3)13-18-15(16-4)17-9-12-19-10-7-8-11-19;/h7-8,10-11,14H,5-6,9,12-13H2,1-4H3,(H2,16,17,18);1H. The molecule has 1 aromatic heterocycles. The molecule has 0 aliphatic rings. The normalized spacial score (nSPS) is 12.9. The predicted octanol–water partition coefficient (Wildman–Crippen LogP) is 2.00. The molecule has 0 aliphatic carbocycles. The van der Waals surface area contributed by atoms with E-state index in [1.807, 2.05) is 19.2 Å². The van der Waals surface area contributed by atoms with Gasteiger partial charge in [0.2, 0.25) is 0 Å². The van der Waals surface area contributed by atoms with Crippen LogP contribution in [0.15, 0.2) is 29.5 Å². The van der Waals surface area contributed by atoms with E-state index in [0.717, 1.165) is 38.7 Å². The van der Waals surface area contributed by atoms with Gasteiger partial charge in [0.25, 0.3) is 0 Å². The quantitative estimate of drug-likeness (QED) is 0.394. The molecular formula is C15H30IN5. The molecule has 5 nitrogen and oxygen atoms in total. The third kappa shape index (κ3) is 7.71. The molecule has 0 aromatic carbocycles. The summed E-state index contributed by atoms with van der Waals surface area (Å²) in [5.74, 6) is 0.871. The number of likely N-dealkylation sites (N-methyl/N-ethyl adjacent to an activating group) is 1. The number of nitrogens with zero attached hydrogens (tertiary/aromatic N) is 3. The summed E-state index contributed by atoms with van der Waals surface area (Å²) in [7, 11) is 1.81. The third-order valence-electron chi connectivity index (χ3n) is 3.55. The number of aliphatic imine (C=N–C) groups is 1. The van der Waals surface area contributed by atoms with Crippen LogP contribution in [0.2, 0.25) is 0 Å². The van der Waals surface area contributed by atoms with E-state index in [0.29, 0.717) is 6.04 Å². The van der Waals surface area contributed by atoms with Gasteiger partial charge in [0.05, 0.1) is 0 Å². The van der Waals surface area contributed by atoms with Crippen molar-refractivity contribution in [1.82, 2.24) is 20.1 Å². The lowest BCUT2D eigenvalue weighted by Gasteiger charge is -2.27. The molecule has 1 unspecified atom stereocenters. The fourth-order valence-electron chi connectivity index (χ4n) is 2.26. The predicted molar refractivity (Wildman–Crippen MR) is 102 cm³/mol. The van der Waals surface area contributed by atoms with Crippen molar-refractivity contribution in [3.8, 4) is 0 Å². The second-order valence-corrected chi connectivity index (χ2v) is 4.87. The zero-order valence-electron chi connectivity index (χ0n) is 13.7. The maximum absolute atomic E-state index is 4.26. The van der Waals surface area contributed by atoms with Crippen molar-refractivity contribution in [3.63, 3.8) is 0 Å². The maximum atomic E-state index is 4.26. The van der Waals surface area contributed by atoms with Crippen LogP contribution in [0, 0.1) is 0 Å². The van der Waals surface area contributed by atoms with Gasteiger partial charge in [-0.05, 0) is 32.1 Å². The molecule has 1 rings (SSSR count). The van der Waals surface area contributed by atoms with E-state index < -0.39 is 0 Å². The van der Waals surface area contributed by atoms with Crippen molar-refractivity contribution in [2.24, 2.45) is 4.99 Å². The van der Waals surface area contributed by atoms with Crippen LogP contribution in [0.5, 0.6) is 0 Å². The Morgan fingerprint density at radius 1 is 1.19 bits per heavy atom. The third-order valence-corrected chi connectivity index (χ3v) is 3.55. The summed E-state index contributed by atoms with van der Waals surface area (Å²) in [5, 5.41) is 6.72. The Kier molecular flexibility index (Phi) is 11.4. The number of hydrogen-bond donors (Lipinski definition) is 2. The van der Waals surface area contributed by atoms with Gasteiger partial charge in [0.15, 0.2) is 5.96 Å². The van der Waals surface area contributed by atoms with Gasteiger partial charge in [0.1, 0.15) is 0 Å². The topological polar surface area (TPSA) is 44.6 Å². The Hall–Kier alpha value is -0.760. The van der Waals surface area contributed by atoms with Crippen molar-refractivity contribution in [2.75, 3.05) is 33.2 Å².